The largest absolute Gasteiger partial charge is 0.491 e. The molecular formula is C21H28N2O2. The lowest BCUT2D eigenvalue weighted by molar-refractivity contribution is 0.0744. The number of aliphatic hydroxyl groups is 1. The van der Waals surface area contributed by atoms with Gasteiger partial charge >= 0.3 is 0 Å². The molecule has 4 nitrogen and oxygen atoms in total. The normalized spacial score (nSPS) is 15.8. The Labute approximate surface area is 150 Å². The zero-order valence-electron chi connectivity index (χ0n) is 15.0. The average molecular weight is 340 g/mol. The Morgan fingerprint density at radius 3 is 2.40 bits per heavy atom. The van der Waals surface area contributed by atoms with Gasteiger partial charge in [-0.3, -0.25) is 9.80 Å². The van der Waals surface area contributed by atoms with Gasteiger partial charge in [0, 0.05) is 19.6 Å². The van der Waals surface area contributed by atoms with Crippen LogP contribution in [0.2, 0.25) is 0 Å². The minimum atomic E-state index is -0.505. The Balaban J connectivity index is 1.38. The lowest BCUT2D eigenvalue weighted by atomic mass is 10.1. The highest BCUT2D eigenvalue weighted by Gasteiger charge is 2.14. The number of nitrogens with zero attached hydrogens (tertiary/aromatic N) is 2. The number of rotatable bonds is 9. The average Bonchev–Trinajstić information content (AvgIpc) is 2.58. The third-order valence-electron chi connectivity index (χ3n) is 4.54. The van der Waals surface area contributed by atoms with Crippen molar-refractivity contribution in [2.75, 3.05) is 33.3 Å². The van der Waals surface area contributed by atoms with E-state index in [2.05, 4.69) is 34.1 Å². The third-order valence-corrected chi connectivity index (χ3v) is 4.54. The van der Waals surface area contributed by atoms with Crippen LogP contribution in [0.1, 0.15) is 17.5 Å². The van der Waals surface area contributed by atoms with Crippen molar-refractivity contribution in [2.24, 2.45) is 0 Å². The van der Waals surface area contributed by atoms with Gasteiger partial charge in [0.15, 0.2) is 0 Å². The second-order valence-electron chi connectivity index (χ2n) is 6.92. The van der Waals surface area contributed by atoms with Crippen LogP contribution < -0.4 is 4.74 Å². The molecule has 25 heavy (non-hydrogen) atoms. The molecule has 1 atom stereocenters. The van der Waals surface area contributed by atoms with Crippen LogP contribution in [-0.2, 0) is 13.1 Å². The molecule has 2 aromatic rings. The van der Waals surface area contributed by atoms with Gasteiger partial charge in [0.05, 0.1) is 0 Å². The van der Waals surface area contributed by atoms with E-state index >= 15 is 0 Å². The van der Waals surface area contributed by atoms with Crippen LogP contribution in [0, 0.1) is 0 Å². The molecule has 0 bridgehead atoms. The van der Waals surface area contributed by atoms with Crippen LogP contribution >= 0.6 is 0 Å². The molecule has 0 saturated carbocycles. The highest BCUT2D eigenvalue weighted by atomic mass is 16.5. The monoisotopic (exact) mass is 340 g/mol. The van der Waals surface area contributed by atoms with Gasteiger partial charge in [-0.25, -0.2) is 0 Å². The van der Waals surface area contributed by atoms with E-state index in [0.29, 0.717) is 13.2 Å². The molecule has 1 aliphatic rings. The minimum absolute atomic E-state index is 0.310. The number of ether oxygens (including phenoxy) is 1. The summed E-state index contributed by atoms with van der Waals surface area (Å²) in [5, 5.41) is 10.2. The van der Waals surface area contributed by atoms with Crippen LogP contribution in [0.25, 0.3) is 0 Å². The Morgan fingerprint density at radius 2 is 1.76 bits per heavy atom. The number of likely N-dealkylation sites (tertiary alicyclic amines) is 1. The first-order valence-corrected chi connectivity index (χ1v) is 9.04. The molecule has 2 aromatic carbocycles. The van der Waals surface area contributed by atoms with Crippen molar-refractivity contribution in [3.8, 4) is 5.75 Å². The molecule has 0 amide bonds. The van der Waals surface area contributed by atoms with Gasteiger partial charge in [-0.2, -0.15) is 0 Å². The molecule has 134 valence electrons. The first-order valence-electron chi connectivity index (χ1n) is 9.04. The summed E-state index contributed by atoms with van der Waals surface area (Å²) in [6.07, 6.45) is 0.812. The fraction of sp³-hybridized carbons (Fsp3) is 0.429. The molecule has 3 rings (SSSR count). The van der Waals surface area contributed by atoms with Crippen LogP contribution in [0.15, 0.2) is 54.6 Å². The zero-order chi connectivity index (χ0) is 17.5. The number of benzene rings is 2. The van der Waals surface area contributed by atoms with Gasteiger partial charge in [-0.05, 0) is 49.8 Å². The molecular weight excluding hydrogens is 312 g/mol. The van der Waals surface area contributed by atoms with E-state index in [1.54, 1.807) is 0 Å². The van der Waals surface area contributed by atoms with Crippen molar-refractivity contribution in [2.45, 2.75) is 25.6 Å². The molecule has 1 N–H and O–H groups in total. The molecule has 1 aliphatic heterocycles. The van der Waals surface area contributed by atoms with Crippen molar-refractivity contribution in [1.82, 2.24) is 9.80 Å². The lowest BCUT2D eigenvalue weighted by Gasteiger charge is -2.30. The van der Waals surface area contributed by atoms with E-state index in [0.717, 1.165) is 18.8 Å². The van der Waals surface area contributed by atoms with Crippen molar-refractivity contribution in [1.29, 1.82) is 0 Å². The maximum absolute atomic E-state index is 10.2. The third kappa shape index (κ3) is 5.85. The van der Waals surface area contributed by atoms with Crippen molar-refractivity contribution in [3.05, 3.63) is 65.7 Å². The summed E-state index contributed by atoms with van der Waals surface area (Å²) >= 11 is 0. The van der Waals surface area contributed by atoms with Gasteiger partial charge in [-0.15, -0.1) is 0 Å². The van der Waals surface area contributed by atoms with Gasteiger partial charge in [-0.1, -0.05) is 42.5 Å². The first kappa shape index (κ1) is 17.9. The van der Waals surface area contributed by atoms with Crippen molar-refractivity contribution in [3.63, 3.8) is 0 Å². The van der Waals surface area contributed by atoms with Crippen molar-refractivity contribution < 1.29 is 9.84 Å². The Bertz CT molecular complexity index is 626. The number of hydrogen-bond donors (Lipinski definition) is 1. The first-order chi connectivity index (χ1) is 12.2. The van der Waals surface area contributed by atoms with E-state index < -0.39 is 6.10 Å². The van der Waals surface area contributed by atoms with Gasteiger partial charge in [0.1, 0.15) is 18.5 Å². The fourth-order valence-electron chi connectivity index (χ4n) is 3.05. The molecule has 1 saturated heterocycles. The maximum atomic E-state index is 10.2. The Hall–Kier alpha value is -1.88. The number of likely N-dealkylation sites (N-methyl/N-ethyl adjacent to an activating group) is 1. The summed E-state index contributed by atoms with van der Waals surface area (Å²) in [5.41, 5.74) is 2.56. The second kappa shape index (κ2) is 8.99. The molecule has 1 heterocycles. The fourth-order valence-corrected chi connectivity index (χ4v) is 3.05. The molecule has 0 aliphatic carbocycles. The summed E-state index contributed by atoms with van der Waals surface area (Å²) in [4.78, 5) is 4.54. The summed E-state index contributed by atoms with van der Waals surface area (Å²) in [6.45, 7) is 5.16. The lowest BCUT2D eigenvalue weighted by Crippen LogP contribution is -2.36. The quantitative estimate of drug-likeness (QED) is 0.761. The molecule has 1 fully saturated rings. The van der Waals surface area contributed by atoms with E-state index in [4.69, 9.17) is 4.74 Å². The predicted octanol–water partition coefficient (Wildman–Crippen LogP) is 2.76. The topological polar surface area (TPSA) is 35.9 Å². The minimum Gasteiger partial charge on any atom is -0.491 e. The zero-order valence-corrected chi connectivity index (χ0v) is 15.0. The Kier molecular flexibility index (Phi) is 6.45. The number of aliphatic hydroxyl groups excluding tert-OH is 1. The summed E-state index contributed by atoms with van der Waals surface area (Å²) in [5.74, 6) is 0.817. The van der Waals surface area contributed by atoms with Gasteiger partial charge in [0.2, 0.25) is 0 Å². The van der Waals surface area contributed by atoms with E-state index in [9.17, 15) is 5.11 Å². The molecule has 4 heteroatoms. The second-order valence-corrected chi connectivity index (χ2v) is 6.92. The van der Waals surface area contributed by atoms with Crippen LogP contribution in [0.3, 0.4) is 0 Å². The standard InChI is InChI=1S/C21H28N2O2/c1-22(14-18-6-3-2-4-7-18)16-20(24)17-25-21-10-8-19(9-11-21)15-23-12-5-13-23/h2-4,6-11,20,24H,5,12-17H2,1H3/t20-/m1/s1. The smallest absolute Gasteiger partial charge is 0.119 e. The highest BCUT2D eigenvalue weighted by molar-refractivity contribution is 5.27. The Morgan fingerprint density at radius 1 is 1.04 bits per heavy atom. The molecule has 0 unspecified atom stereocenters. The number of hydrogen-bond acceptors (Lipinski definition) is 4. The van der Waals surface area contributed by atoms with Crippen LogP contribution in [-0.4, -0.2) is 54.3 Å². The van der Waals surface area contributed by atoms with Crippen LogP contribution in [0.4, 0.5) is 0 Å². The molecule has 0 spiro atoms. The summed E-state index contributed by atoms with van der Waals surface area (Å²) in [6, 6.07) is 18.5. The molecule has 0 radical (unpaired) electrons. The highest BCUT2D eigenvalue weighted by Crippen LogP contribution is 2.16. The summed E-state index contributed by atoms with van der Waals surface area (Å²) < 4.78 is 5.73. The van der Waals surface area contributed by atoms with E-state index in [1.807, 2.05) is 37.4 Å². The van der Waals surface area contributed by atoms with Crippen molar-refractivity contribution >= 4 is 0 Å². The van der Waals surface area contributed by atoms with Crippen LogP contribution in [0.5, 0.6) is 5.75 Å². The van der Waals surface area contributed by atoms with Gasteiger partial charge < -0.3 is 9.84 Å². The summed E-state index contributed by atoms with van der Waals surface area (Å²) in [7, 11) is 2.01. The molecule has 0 aromatic heterocycles. The SMILES string of the molecule is CN(Cc1ccccc1)C[C@@H](O)COc1ccc(CN2CCC2)cc1. The van der Waals surface area contributed by atoms with Gasteiger partial charge in [0.25, 0.3) is 0 Å². The van der Waals surface area contributed by atoms with E-state index in [1.165, 1.54) is 30.6 Å². The maximum Gasteiger partial charge on any atom is 0.119 e. The van der Waals surface area contributed by atoms with E-state index in [-0.39, 0.29) is 0 Å². The predicted molar refractivity (Wildman–Crippen MR) is 101 cm³/mol.